The average Bonchev–Trinajstić information content (AvgIpc) is 2.86. The molecule has 0 saturated carbocycles. The minimum Gasteiger partial charge on any atom is -0.505 e. The second-order valence-electron chi connectivity index (χ2n) is 4.15. The molecular weight excluding hydrogens is 284 g/mol. The SMILES string of the molecule is Cc1cc(Cl)cc(NC(=O)CCc2cscn2)c1O. The lowest BCUT2D eigenvalue weighted by atomic mass is 10.2. The van der Waals surface area contributed by atoms with Crippen molar-refractivity contribution in [2.45, 2.75) is 19.8 Å². The molecule has 0 spiro atoms. The number of hydrogen-bond donors (Lipinski definition) is 2. The lowest BCUT2D eigenvalue weighted by Gasteiger charge is -2.09. The molecule has 0 aliphatic rings. The van der Waals surface area contributed by atoms with Gasteiger partial charge in [-0.3, -0.25) is 4.79 Å². The number of nitrogens with one attached hydrogen (secondary N) is 1. The molecule has 0 fully saturated rings. The molecule has 0 radical (unpaired) electrons. The second-order valence-corrected chi connectivity index (χ2v) is 5.30. The zero-order valence-corrected chi connectivity index (χ0v) is 11.9. The van der Waals surface area contributed by atoms with Crippen LogP contribution in [0.25, 0.3) is 0 Å². The number of phenolic OH excluding ortho intramolecular Hbond substituents is 1. The first-order valence-corrected chi connectivity index (χ1v) is 7.04. The van der Waals surface area contributed by atoms with Crippen LogP contribution in [0.3, 0.4) is 0 Å². The Labute approximate surface area is 120 Å². The van der Waals surface area contributed by atoms with E-state index in [1.54, 1.807) is 18.5 Å². The van der Waals surface area contributed by atoms with E-state index < -0.39 is 0 Å². The van der Waals surface area contributed by atoms with Crippen molar-refractivity contribution in [2.24, 2.45) is 0 Å². The highest BCUT2D eigenvalue weighted by Crippen LogP contribution is 2.31. The molecule has 2 N–H and O–H groups in total. The number of nitrogens with zero attached hydrogens (tertiary/aromatic N) is 1. The van der Waals surface area contributed by atoms with E-state index in [-0.39, 0.29) is 11.7 Å². The molecule has 1 amide bonds. The van der Waals surface area contributed by atoms with Crippen molar-refractivity contribution >= 4 is 34.5 Å². The van der Waals surface area contributed by atoms with Gasteiger partial charge in [0.1, 0.15) is 5.75 Å². The Balaban J connectivity index is 1.99. The summed E-state index contributed by atoms with van der Waals surface area (Å²) >= 11 is 7.39. The van der Waals surface area contributed by atoms with Crippen LogP contribution in [0.1, 0.15) is 17.7 Å². The monoisotopic (exact) mass is 296 g/mol. The molecule has 0 aliphatic heterocycles. The van der Waals surface area contributed by atoms with Crippen LogP contribution in [-0.2, 0) is 11.2 Å². The number of carbonyl (C=O) groups excluding carboxylic acids is 1. The molecule has 4 nitrogen and oxygen atoms in total. The number of amides is 1. The summed E-state index contributed by atoms with van der Waals surface area (Å²) in [6.45, 7) is 1.73. The highest BCUT2D eigenvalue weighted by molar-refractivity contribution is 7.07. The summed E-state index contributed by atoms with van der Waals surface area (Å²) in [5.41, 5.74) is 3.60. The number of hydrogen-bond acceptors (Lipinski definition) is 4. The van der Waals surface area contributed by atoms with E-state index in [4.69, 9.17) is 11.6 Å². The molecule has 1 aromatic carbocycles. The van der Waals surface area contributed by atoms with Gasteiger partial charge in [0.25, 0.3) is 0 Å². The topological polar surface area (TPSA) is 62.2 Å². The van der Waals surface area contributed by atoms with Crippen molar-refractivity contribution in [3.05, 3.63) is 39.3 Å². The van der Waals surface area contributed by atoms with E-state index in [2.05, 4.69) is 10.3 Å². The zero-order valence-electron chi connectivity index (χ0n) is 10.3. The van der Waals surface area contributed by atoms with Crippen LogP contribution in [0, 0.1) is 6.92 Å². The molecule has 2 rings (SSSR count). The molecule has 0 atom stereocenters. The maximum atomic E-state index is 11.8. The summed E-state index contributed by atoms with van der Waals surface area (Å²) in [4.78, 5) is 15.9. The van der Waals surface area contributed by atoms with Gasteiger partial charge in [0.05, 0.1) is 16.9 Å². The van der Waals surface area contributed by atoms with E-state index in [1.807, 2.05) is 5.38 Å². The fourth-order valence-corrected chi connectivity index (χ4v) is 2.51. The summed E-state index contributed by atoms with van der Waals surface area (Å²) in [6, 6.07) is 3.17. The van der Waals surface area contributed by atoms with Crippen molar-refractivity contribution in [1.29, 1.82) is 0 Å². The van der Waals surface area contributed by atoms with Crippen LogP contribution in [0.4, 0.5) is 5.69 Å². The highest BCUT2D eigenvalue weighted by Gasteiger charge is 2.10. The maximum Gasteiger partial charge on any atom is 0.224 e. The van der Waals surface area contributed by atoms with Crippen molar-refractivity contribution < 1.29 is 9.90 Å². The van der Waals surface area contributed by atoms with E-state index in [0.29, 0.717) is 29.1 Å². The van der Waals surface area contributed by atoms with Crippen LogP contribution in [0.5, 0.6) is 5.75 Å². The number of aromatic nitrogens is 1. The molecule has 1 aromatic heterocycles. The number of carbonyl (C=O) groups is 1. The van der Waals surface area contributed by atoms with Gasteiger partial charge in [0.2, 0.25) is 5.91 Å². The van der Waals surface area contributed by atoms with Gasteiger partial charge >= 0.3 is 0 Å². The Kier molecular flexibility index (Phi) is 4.39. The maximum absolute atomic E-state index is 11.8. The number of benzene rings is 1. The van der Waals surface area contributed by atoms with Gasteiger partial charge in [-0.1, -0.05) is 11.6 Å². The van der Waals surface area contributed by atoms with Crippen molar-refractivity contribution in [2.75, 3.05) is 5.32 Å². The quantitative estimate of drug-likeness (QED) is 0.850. The van der Waals surface area contributed by atoms with E-state index in [0.717, 1.165) is 5.69 Å². The van der Waals surface area contributed by atoms with Gasteiger partial charge < -0.3 is 10.4 Å². The third-order valence-corrected chi connectivity index (χ3v) is 3.48. The number of phenols is 1. The van der Waals surface area contributed by atoms with Gasteiger partial charge in [-0.25, -0.2) is 4.98 Å². The molecule has 0 saturated heterocycles. The van der Waals surface area contributed by atoms with Crippen LogP contribution >= 0.6 is 22.9 Å². The largest absolute Gasteiger partial charge is 0.505 e. The Bertz CT molecular complexity index is 585. The normalized spacial score (nSPS) is 10.4. The summed E-state index contributed by atoms with van der Waals surface area (Å²) in [5.74, 6) is -0.128. The fraction of sp³-hybridized carbons (Fsp3) is 0.231. The number of anilines is 1. The average molecular weight is 297 g/mol. The third-order valence-electron chi connectivity index (χ3n) is 2.63. The Morgan fingerprint density at radius 3 is 3.00 bits per heavy atom. The first-order valence-electron chi connectivity index (χ1n) is 5.72. The Morgan fingerprint density at radius 2 is 2.32 bits per heavy atom. The number of rotatable bonds is 4. The van der Waals surface area contributed by atoms with E-state index in [9.17, 15) is 9.90 Å². The van der Waals surface area contributed by atoms with Crippen LogP contribution < -0.4 is 5.32 Å². The summed E-state index contributed by atoms with van der Waals surface area (Å²) < 4.78 is 0. The number of halogens is 1. The zero-order chi connectivity index (χ0) is 13.8. The Morgan fingerprint density at radius 1 is 1.53 bits per heavy atom. The number of aromatic hydroxyl groups is 1. The molecular formula is C13H13ClN2O2S. The minimum atomic E-state index is -0.176. The summed E-state index contributed by atoms with van der Waals surface area (Å²) in [6.07, 6.45) is 0.893. The predicted molar refractivity (Wildman–Crippen MR) is 76.9 cm³/mol. The lowest BCUT2D eigenvalue weighted by Crippen LogP contribution is -2.12. The molecule has 0 unspecified atom stereocenters. The van der Waals surface area contributed by atoms with Crippen LogP contribution in [-0.4, -0.2) is 16.0 Å². The van der Waals surface area contributed by atoms with Gasteiger partial charge in [-0.05, 0) is 31.0 Å². The molecule has 19 heavy (non-hydrogen) atoms. The van der Waals surface area contributed by atoms with Gasteiger partial charge in [-0.2, -0.15) is 0 Å². The number of thiazole rings is 1. The lowest BCUT2D eigenvalue weighted by molar-refractivity contribution is -0.116. The van der Waals surface area contributed by atoms with Crippen molar-refractivity contribution in [3.8, 4) is 5.75 Å². The third kappa shape index (κ3) is 3.68. The van der Waals surface area contributed by atoms with Gasteiger partial charge in [-0.15, -0.1) is 11.3 Å². The molecule has 0 bridgehead atoms. The smallest absolute Gasteiger partial charge is 0.224 e. The molecule has 2 aromatic rings. The molecule has 1 heterocycles. The van der Waals surface area contributed by atoms with Crippen LogP contribution in [0.2, 0.25) is 5.02 Å². The standard InChI is InChI=1S/C13H13ClN2O2S/c1-8-4-9(14)5-11(13(8)18)16-12(17)3-2-10-6-19-7-15-10/h4-7,18H,2-3H2,1H3,(H,16,17). The highest BCUT2D eigenvalue weighted by atomic mass is 35.5. The predicted octanol–water partition coefficient (Wildman–Crippen LogP) is 3.38. The van der Waals surface area contributed by atoms with Gasteiger partial charge in [0.15, 0.2) is 0 Å². The van der Waals surface area contributed by atoms with E-state index in [1.165, 1.54) is 17.4 Å². The van der Waals surface area contributed by atoms with Gasteiger partial charge in [0, 0.05) is 16.8 Å². The summed E-state index contributed by atoms with van der Waals surface area (Å²) in [5, 5.41) is 14.9. The van der Waals surface area contributed by atoms with Crippen molar-refractivity contribution in [3.63, 3.8) is 0 Å². The molecule has 0 aliphatic carbocycles. The van der Waals surface area contributed by atoms with Crippen LogP contribution in [0.15, 0.2) is 23.0 Å². The minimum absolute atomic E-state index is 0.0476. The summed E-state index contributed by atoms with van der Waals surface area (Å²) in [7, 11) is 0. The molecule has 6 heteroatoms. The first kappa shape index (κ1) is 13.8. The first-order chi connectivity index (χ1) is 9.06. The number of aryl methyl sites for hydroxylation is 2. The second kappa shape index (κ2) is 6.04. The van der Waals surface area contributed by atoms with Crippen molar-refractivity contribution in [1.82, 2.24) is 4.98 Å². The molecule has 100 valence electrons. The van der Waals surface area contributed by atoms with E-state index >= 15 is 0 Å². The fourth-order valence-electron chi connectivity index (χ4n) is 1.65. The Hall–Kier alpha value is -1.59.